The molecule has 0 unspecified atom stereocenters. The molecular formula is C12H12N4O2. The Morgan fingerprint density at radius 1 is 1.33 bits per heavy atom. The third kappa shape index (κ3) is 2.79. The van der Waals surface area contributed by atoms with Gasteiger partial charge in [0.15, 0.2) is 5.84 Å². The van der Waals surface area contributed by atoms with E-state index in [1.807, 2.05) is 6.92 Å². The van der Waals surface area contributed by atoms with E-state index in [-0.39, 0.29) is 0 Å². The molecule has 1 aliphatic rings. The normalized spacial score (nSPS) is 16.8. The van der Waals surface area contributed by atoms with Crippen LogP contribution in [0.25, 0.3) is 0 Å². The maximum atomic E-state index is 11.0. The van der Waals surface area contributed by atoms with Crippen LogP contribution < -0.4 is 10.1 Å². The van der Waals surface area contributed by atoms with Crippen LogP contribution in [-0.4, -0.2) is 18.5 Å². The molecule has 2 rings (SSSR count). The van der Waals surface area contributed by atoms with Crippen LogP contribution in [0, 0.1) is 0 Å². The van der Waals surface area contributed by atoms with Gasteiger partial charge >= 0.3 is 6.03 Å². The number of hydrogen-bond donors (Lipinski definition) is 1. The lowest BCUT2D eigenvalue weighted by Gasteiger charge is -2.09. The van der Waals surface area contributed by atoms with Crippen molar-refractivity contribution in [2.75, 3.05) is 6.61 Å². The highest BCUT2D eigenvalue weighted by Crippen LogP contribution is 2.19. The Labute approximate surface area is 104 Å². The van der Waals surface area contributed by atoms with Crippen LogP contribution in [0.15, 0.2) is 51.8 Å². The predicted molar refractivity (Wildman–Crippen MR) is 67.2 cm³/mol. The highest BCUT2D eigenvalue weighted by Gasteiger charge is 2.14. The van der Waals surface area contributed by atoms with Crippen molar-refractivity contribution in [1.82, 2.24) is 5.32 Å². The molecule has 0 bridgehead atoms. The molecule has 1 aromatic carbocycles. The maximum Gasteiger partial charge on any atom is 0.365 e. The monoisotopic (exact) mass is 244 g/mol. The number of benzene rings is 1. The average molecular weight is 244 g/mol. The summed E-state index contributed by atoms with van der Waals surface area (Å²) in [5.41, 5.74) is 0.996. The van der Waals surface area contributed by atoms with Crippen LogP contribution in [0.5, 0.6) is 5.75 Å². The number of urea groups is 1. The Morgan fingerprint density at radius 3 is 2.72 bits per heavy atom. The van der Waals surface area contributed by atoms with Gasteiger partial charge in [0.25, 0.3) is 0 Å². The molecule has 0 spiro atoms. The minimum Gasteiger partial charge on any atom is -0.494 e. The van der Waals surface area contributed by atoms with Crippen LogP contribution in [-0.2, 0) is 0 Å². The SMILES string of the molecule is C=C1N=NC(=O)NC1=Nc1ccc(OCC)cc1. The summed E-state index contributed by atoms with van der Waals surface area (Å²) in [6.07, 6.45) is 0. The molecule has 6 nitrogen and oxygen atoms in total. The van der Waals surface area contributed by atoms with Gasteiger partial charge in [-0.15, -0.1) is 5.11 Å². The van der Waals surface area contributed by atoms with Crippen molar-refractivity contribution in [1.29, 1.82) is 0 Å². The Bertz CT molecular complexity index is 532. The fourth-order valence-corrected chi connectivity index (χ4v) is 1.36. The summed E-state index contributed by atoms with van der Waals surface area (Å²) in [5.74, 6) is 1.08. The van der Waals surface area contributed by atoms with E-state index < -0.39 is 6.03 Å². The van der Waals surface area contributed by atoms with Crippen molar-refractivity contribution < 1.29 is 9.53 Å². The molecule has 1 heterocycles. The number of amidine groups is 1. The summed E-state index contributed by atoms with van der Waals surface area (Å²) in [6, 6.07) is 6.62. The van der Waals surface area contributed by atoms with Gasteiger partial charge in [0, 0.05) is 0 Å². The van der Waals surface area contributed by atoms with Crippen molar-refractivity contribution in [2.45, 2.75) is 6.92 Å². The average Bonchev–Trinajstić information content (AvgIpc) is 2.37. The van der Waals surface area contributed by atoms with Gasteiger partial charge in [0.1, 0.15) is 11.4 Å². The molecular weight excluding hydrogens is 232 g/mol. The third-order valence-corrected chi connectivity index (χ3v) is 2.15. The molecule has 0 aliphatic carbocycles. The molecule has 0 radical (unpaired) electrons. The van der Waals surface area contributed by atoms with Gasteiger partial charge in [-0.25, -0.2) is 9.79 Å². The largest absolute Gasteiger partial charge is 0.494 e. The van der Waals surface area contributed by atoms with E-state index >= 15 is 0 Å². The second-order valence-electron chi connectivity index (χ2n) is 3.46. The lowest BCUT2D eigenvalue weighted by Crippen LogP contribution is -2.31. The van der Waals surface area contributed by atoms with E-state index in [0.29, 0.717) is 23.8 Å². The summed E-state index contributed by atoms with van der Waals surface area (Å²) >= 11 is 0. The molecule has 0 fully saturated rings. The topological polar surface area (TPSA) is 75.4 Å². The number of ether oxygens (including phenoxy) is 1. The van der Waals surface area contributed by atoms with Gasteiger partial charge in [0.2, 0.25) is 0 Å². The summed E-state index contributed by atoms with van der Waals surface area (Å²) in [7, 11) is 0. The zero-order chi connectivity index (χ0) is 13.0. The Kier molecular flexibility index (Phi) is 3.47. The van der Waals surface area contributed by atoms with Gasteiger partial charge in [-0.2, -0.15) is 0 Å². The summed E-state index contributed by atoms with van der Waals surface area (Å²) in [4.78, 5) is 15.3. The number of azo groups is 1. The van der Waals surface area contributed by atoms with Gasteiger partial charge in [-0.1, -0.05) is 11.7 Å². The molecule has 1 N–H and O–H groups in total. The van der Waals surface area contributed by atoms with E-state index in [1.54, 1.807) is 24.3 Å². The van der Waals surface area contributed by atoms with Crippen molar-refractivity contribution >= 4 is 17.6 Å². The van der Waals surface area contributed by atoms with Crippen molar-refractivity contribution in [3.8, 4) is 5.75 Å². The first-order chi connectivity index (χ1) is 8.69. The minimum atomic E-state index is -0.549. The lowest BCUT2D eigenvalue weighted by molar-refractivity contribution is 0.251. The number of carbonyl (C=O) groups is 1. The highest BCUT2D eigenvalue weighted by molar-refractivity contribution is 6.09. The van der Waals surface area contributed by atoms with Gasteiger partial charge in [-0.3, -0.25) is 5.32 Å². The quantitative estimate of drug-likeness (QED) is 0.887. The summed E-state index contributed by atoms with van der Waals surface area (Å²) in [5, 5.41) is 9.39. The number of amides is 2. The van der Waals surface area contributed by atoms with E-state index in [0.717, 1.165) is 5.75 Å². The van der Waals surface area contributed by atoms with Crippen LogP contribution in [0.1, 0.15) is 6.92 Å². The zero-order valence-electron chi connectivity index (χ0n) is 9.88. The van der Waals surface area contributed by atoms with Gasteiger partial charge in [0.05, 0.1) is 12.3 Å². The second kappa shape index (κ2) is 5.22. The highest BCUT2D eigenvalue weighted by atomic mass is 16.5. The molecule has 0 aromatic heterocycles. The zero-order valence-corrected chi connectivity index (χ0v) is 9.88. The number of aliphatic imine (C=N–C) groups is 1. The number of rotatable bonds is 3. The van der Waals surface area contributed by atoms with E-state index in [9.17, 15) is 4.79 Å². The summed E-state index contributed by atoms with van der Waals surface area (Å²) in [6.45, 7) is 6.17. The number of carbonyl (C=O) groups excluding carboxylic acids is 1. The number of hydrogen-bond acceptors (Lipinski definition) is 4. The molecule has 2 amide bonds. The Morgan fingerprint density at radius 2 is 2.06 bits per heavy atom. The third-order valence-electron chi connectivity index (χ3n) is 2.15. The van der Waals surface area contributed by atoms with E-state index in [2.05, 4.69) is 27.1 Å². The first-order valence-corrected chi connectivity index (χ1v) is 5.42. The molecule has 92 valence electrons. The smallest absolute Gasteiger partial charge is 0.365 e. The predicted octanol–water partition coefficient (Wildman–Crippen LogP) is 2.80. The Balaban J connectivity index is 2.19. The first-order valence-electron chi connectivity index (χ1n) is 5.42. The molecule has 1 aliphatic heterocycles. The van der Waals surface area contributed by atoms with Gasteiger partial charge < -0.3 is 4.74 Å². The molecule has 1 aromatic rings. The van der Waals surface area contributed by atoms with E-state index in [1.165, 1.54) is 0 Å². The van der Waals surface area contributed by atoms with Crippen LogP contribution in [0.2, 0.25) is 0 Å². The number of nitrogens with zero attached hydrogens (tertiary/aromatic N) is 3. The standard InChI is InChI=1S/C12H12N4O2/c1-3-18-10-6-4-9(5-7-10)13-11-8(2)15-16-12(17)14-11/h4-7H,2-3H2,1H3,(H,13,14,17). The molecule has 0 saturated heterocycles. The summed E-state index contributed by atoms with van der Waals surface area (Å²) < 4.78 is 5.32. The molecule has 6 heteroatoms. The van der Waals surface area contributed by atoms with Crippen molar-refractivity contribution in [2.24, 2.45) is 15.2 Å². The van der Waals surface area contributed by atoms with Crippen LogP contribution >= 0.6 is 0 Å². The molecule has 0 atom stereocenters. The van der Waals surface area contributed by atoms with E-state index in [4.69, 9.17) is 4.74 Å². The maximum absolute atomic E-state index is 11.0. The van der Waals surface area contributed by atoms with Crippen molar-refractivity contribution in [3.05, 3.63) is 36.5 Å². The fourth-order valence-electron chi connectivity index (χ4n) is 1.36. The first kappa shape index (κ1) is 12.0. The lowest BCUT2D eigenvalue weighted by atomic mass is 10.3. The van der Waals surface area contributed by atoms with Gasteiger partial charge in [-0.05, 0) is 31.2 Å². The number of nitrogens with one attached hydrogen (secondary N) is 1. The van der Waals surface area contributed by atoms with Crippen LogP contribution in [0.4, 0.5) is 10.5 Å². The van der Waals surface area contributed by atoms with Crippen molar-refractivity contribution in [3.63, 3.8) is 0 Å². The minimum absolute atomic E-state index is 0.305. The fraction of sp³-hybridized carbons (Fsp3) is 0.167. The van der Waals surface area contributed by atoms with Crippen LogP contribution in [0.3, 0.4) is 0 Å². The Hall–Kier alpha value is -2.50. The second-order valence-corrected chi connectivity index (χ2v) is 3.46. The molecule has 0 saturated carbocycles. The molecule has 18 heavy (non-hydrogen) atoms.